The van der Waals surface area contributed by atoms with E-state index in [9.17, 15) is 27.2 Å². The number of hydrogen-bond donors (Lipinski definition) is 2. The van der Waals surface area contributed by atoms with Gasteiger partial charge in [-0.1, -0.05) is 0 Å². The Morgan fingerprint density at radius 2 is 2.08 bits per heavy atom. The number of nitrogens with zero attached hydrogens (tertiary/aromatic N) is 1. The molecule has 2 N–H and O–H groups in total. The zero-order valence-corrected chi connectivity index (χ0v) is 12.4. The van der Waals surface area contributed by atoms with Gasteiger partial charge in [0.1, 0.15) is 0 Å². The number of carbonyl (C=O) groups excluding carboxylic acids is 1. The average Bonchev–Trinajstić information content (AvgIpc) is 2.78. The van der Waals surface area contributed by atoms with Gasteiger partial charge in [-0.3, -0.25) is 4.79 Å². The summed E-state index contributed by atoms with van der Waals surface area (Å²) in [7, 11) is 0. The van der Waals surface area contributed by atoms with Crippen LogP contribution in [0.3, 0.4) is 0 Å². The molecule has 130 valence electrons. The first-order valence-corrected chi connectivity index (χ1v) is 7.31. The number of piperidine rings is 1. The lowest BCUT2D eigenvalue weighted by molar-refractivity contribution is -0.138. The number of benzene rings is 1. The van der Waals surface area contributed by atoms with Crippen molar-refractivity contribution in [1.29, 1.82) is 0 Å². The molecule has 0 unspecified atom stereocenters. The van der Waals surface area contributed by atoms with Gasteiger partial charge in [-0.2, -0.15) is 13.2 Å². The van der Waals surface area contributed by atoms with E-state index in [0.717, 1.165) is 17.0 Å². The molecule has 3 rings (SSSR count). The molecule has 2 aliphatic heterocycles. The molecule has 1 aromatic carbocycles. The molecular formula is C15H14F4N2O3. The Hall–Kier alpha value is -2.16. The Balaban J connectivity index is 2.02. The van der Waals surface area contributed by atoms with Crippen LogP contribution in [0.1, 0.15) is 22.3 Å². The molecule has 0 radical (unpaired) electrons. The van der Waals surface area contributed by atoms with Crippen LogP contribution >= 0.6 is 0 Å². The Kier molecular flexibility index (Phi) is 3.78. The van der Waals surface area contributed by atoms with Crippen molar-refractivity contribution in [3.8, 4) is 0 Å². The van der Waals surface area contributed by atoms with Gasteiger partial charge in [-0.05, 0) is 24.7 Å². The molecule has 24 heavy (non-hydrogen) atoms. The highest BCUT2D eigenvalue weighted by molar-refractivity contribution is 6.03. The number of aromatic carboxylic acids is 1. The van der Waals surface area contributed by atoms with Gasteiger partial charge in [0.2, 0.25) is 0 Å². The quantitative estimate of drug-likeness (QED) is 0.805. The van der Waals surface area contributed by atoms with Crippen molar-refractivity contribution in [2.24, 2.45) is 5.92 Å². The Labute approximate surface area is 134 Å². The van der Waals surface area contributed by atoms with Crippen molar-refractivity contribution in [3.05, 3.63) is 29.3 Å². The molecular weight excluding hydrogens is 332 g/mol. The third-order valence-electron chi connectivity index (χ3n) is 4.56. The monoisotopic (exact) mass is 346 g/mol. The third kappa shape index (κ3) is 2.52. The molecule has 2 fully saturated rings. The predicted molar refractivity (Wildman–Crippen MR) is 75.6 cm³/mol. The fourth-order valence-corrected chi connectivity index (χ4v) is 3.27. The number of amides is 1. The summed E-state index contributed by atoms with van der Waals surface area (Å²) in [5.74, 6) is -3.24. The lowest BCUT2D eigenvalue weighted by atomic mass is 9.86. The molecule has 1 amide bonds. The largest absolute Gasteiger partial charge is 0.478 e. The highest BCUT2D eigenvalue weighted by atomic mass is 19.4. The maximum atomic E-state index is 14.9. The van der Waals surface area contributed by atoms with E-state index in [-0.39, 0.29) is 25.2 Å². The van der Waals surface area contributed by atoms with Gasteiger partial charge in [0.25, 0.3) is 5.91 Å². The minimum Gasteiger partial charge on any atom is -0.478 e. The number of hydrogen-bond acceptors (Lipinski definition) is 3. The fraction of sp³-hybridized carbons (Fsp3) is 0.467. The highest BCUT2D eigenvalue weighted by Crippen LogP contribution is 2.41. The van der Waals surface area contributed by atoms with Crippen molar-refractivity contribution in [3.63, 3.8) is 0 Å². The maximum absolute atomic E-state index is 14.9. The summed E-state index contributed by atoms with van der Waals surface area (Å²) in [6.45, 7) is 0.530. The van der Waals surface area contributed by atoms with Gasteiger partial charge < -0.3 is 15.3 Å². The van der Waals surface area contributed by atoms with Crippen molar-refractivity contribution in [1.82, 2.24) is 5.32 Å². The van der Waals surface area contributed by atoms with Gasteiger partial charge in [0.05, 0.1) is 11.1 Å². The van der Waals surface area contributed by atoms with Crippen LogP contribution in [0.25, 0.3) is 0 Å². The van der Waals surface area contributed by atoms with Gasteiger partial charge in [-0.25, -0.2) is 9.18 Å². The number of carbonyl (C=O) groups is 2. The van der Waals surface area contributed by atoms with Crippen LogP contribution in [-0.4, -0.2) is 42.3 Å². The number of nitrogens with one attached hydrogen (secondary N) is 1. The van der Waals surface area contributed by atoms with Crippen LogP contribution in [0.5, 0.6) is 0 Å². The standard InChI is InChI=1S/C15H14F4N2O3/c16-14-3-4-20-6-8(14)7-21(13(14)24)9-1-2-10(12(22)23)11(5-9)15(17,18)19/h1-2,5,8,20H,3-4,6-7H2,(H,22,23)/t8-,14+/m0/s1. The van der Waals surface area contributed by atoms with Crippen LogP contribution in [0.15, 0.2) is 18.2 Å². The molecule has 2 atom stereocenters. The van der Waals surface area contributed by atoms with E-state index in [4.69, 9.17) is 5.11 Å². The molecule has 2 heterocycles. The number of alkyl halides is 4. The van der Waals surface area contributed by atoms with E-state index in [0.29, 0.717) is 12.6 Å². The predicted octanol–water partition coefficient (Wildman–Crippen LogP) is 2.07. The van der Waals surface area contributed by atoms with Crippen LogP contribution < -0.4 is 10.2 Å². The van der Waals surface area contributed by atoms with E-state index in [1.54, 1.807) is 0 Å². The molecule has 0 bridgehead atoms. The first kappa shape index (κ1) is 16.7. The van der Waals surface area contributed by atoms with E-state index in [1.165, 1.54) is 0 Å². The highest BCUT2D eigenvalue weighted by Gasteiger charge is 2.56. The normalized spacial score (nSPS) is 27.2. The summed E-state index contributed by atoms with van der Waals surface area (Å²) >= 11 is 0. The fourth-order valence-electron chi connectivity index (χ4n) is 3.27. The lowest BCUT2D eigenvalue weighted by Gasteiger charge is -2.29. The van der Waals surface area contributed by atoms with Crippen LogP contribution in [0.2, 0.25) is 0 Å². The Morgan fingerprint density at radius 1 is 1.38 bits per heavy atom. The van der Waals surface area contributed by atoms with Crippen molar-refractivity contribution in [2.75, 3.05) is 24.5 Å². The molecule has 0 aromatic heterocycles. The van der Waals surface area contributed by atoms with Gasteiger partial charge in [-0.15, -0.1) is 0 Å². The molecule has 0 spiro atoms. The number of halogens is 4. The second-order valence-corrected chi connectivity index (χ2v) is 5.96. The zero-order chi connectivity index (χ0) is 17.7. The number of anilines is 1. The summed E-state index contributed by atoms with van der Waals surface area (Å²) < 4.78 is 54.2. The van der Waals surface area contributed by atoms with E-state index < -0.39 is 40.8 Å². The smallest absolute Gasteiger partial charge is 0.417 e. The molecule has 9 heteroatoms. The van der Waals surface area contributed by atoms with Crippen LogP contribution in [0.4, 0.5) is 23.2 Å². The lowest BCUT2D eigenvalue weighted by Crippen LogP contribution is -2.49. The Bertz CT molecular complexity index is 706. The molecule has 2 saturated heterocycles. The topological polar surface area (TPSA) is 69.6 Å². The molecule has 0 saturated carbocycles. The number of fused-ring (bicyclic) bond motifs is 1. The first-order chi connectivity index (χ1) is 11.1. The van der Waals surface area contributed by atoms with Crippen LogP contribution in [0, 0.1) is 5.92 Å². The second kappa shape index (κ2) is 5.44. The number of carboxylic acids is 1. The molecule has 1 aromatic rings. The summed E-state index contributed by atoms with van der Waals surface area (Å²) in [6, 6.07) is 2.49. The minimum absolute atomic E-state index is 0.0354. The molecule has 2 aliphatic rings. The number of carboxylic acid groups (broad SMARTS) is 1. The van der Waals surface area contributed by atoms with Gasteiger partial charge >= 0.3 is 12.1 Å². The first-order valence-electron chi connectivity index (χ1n) is 7.31. The summed E-state index contributed by atoms with van der Waals surface area (Å²) in [6.07, 6.45) is -4.93. The van der Waals surface area contributed by atoms with E-state index in [2.05, 4.69) is 5.32 Å². The van der Waals surface area contributed by atoms with E-state index >= 15 is 0 Å². The molecule has 5 nitrogen and oxygen atoms in total. The third-order valence-corrected chi connectivity index (χ3v) is 4.56. The second-order valence-electron chi connectivity index (χ2n) is 5.96. The maximum Gasteiger partial charge on any atom is 0.417 e. The summed E-state index contributed by atoms with van der Waals surface area (Å²) in [5, 5.41) is 11.9. The minimum atomic E-state index is -4.89. The van der Waals surface area contributed by atoms with Gasteiger partial charge in [0.15, 0.2) is 5.67 Å². The van der Waals surface area contributed by atoms with Crippen molar-refractivity contribution < 1.29 is 32.3 Å². The average molecular weight is 346 g/mol. The van der Waals surface area contributed by atoms with E-state index in [1.807, 2.05) is 0 Å². The molecule has 0 aliphatic carbocycles. The SMILES string of the molecule is O=C(O)c1ccc(N2C[C@@H]3CNCC[C@]3(F)C2=O)cc1C(F)(F)F. The van der Waals surface area contributed by atoms with Crippen molar-refractivity contribution >= 4 is 17.6 Å². The Morgan fingerprint density at radius 3 is 2.67 bits per heavy atom. The summed E-state index contributed by atoms with van der Waals surface area (Å²) in [5.41, 5.74) is -4.51. The van der Waals surface area contributed by atoms with Crippen LogP contribution in [-0.2, 0) is 11.0 Å². The van der Waals surface area contributed by atoms with Crippen molar-refractivity contribution in [2.45, 2.75) is 18.3 Å². The zero-order valence-electron chi connectivity index (χ0n) is 12.4. The van der Waals surface area contributed by atoms with Gasteiger partial charge in [0, 0.05) is 31.1 Å². The number of rotatable bonds is 2. The summed E-state index contributed by atoms with van der Waals surface area (Å²) in [4.78, 5) is 24.3.